The topological polar surface area (TPSA) is 26.0 Å². The largest absolute Gasteiger partial charge is 0.320 e. The zero-order chi connectivity index (χ0) is 9.97. The minimum atomic E-state index is -0.351. The first-order chi connectivity index (χ1) is 6.79. The molecular formula is C11H11ClFNS. The van der Waals surface area contributed by atoms with Crippen molar-refractivity contribution >= 4 is 23.7 Å². The Hall–Kier alpha value is -0.900. The van der Waals surface area contributed by atoms with E-state index in [0.717, 1.165) is 4.88 Å². The first kappa shape index (κ1) is 12.2. The number of nitrogens with two attached hydrogens (primary N) is 1. The van der Waals surface area contributed by atoms with Gasteiger partial charge in [0, 0.05) is 10.4 Å². The van der Waals surface area contributed by atoms with Crippen molar-refractivity contribution in [2.24, 2.45) is 5.73 Å². The van der Waals surface area contributed by atoms with E-state index in [2.05, 4.69) is 0 Å². The molecule has 2 N–H and O–H groups in total. The van der Waals surface area contributed by atoms with E-state index in [9.17, 15) is 4.39 Å². The molecule has 0 aliphatic heterocycles. The van der Waals surface area contributed by atoms with Crippen LogP contribution >= 0.6 is 23.7 Å². The predicted octanol–water partition coefficient (Wildman–Crippen LogP) is 3.36. The van der Waals surface area contributed by atoms with E-state index < -0.39 is 0 Å². The van der Waals surface area contributed by atoms with E-state index in [1.165, 1.54) is 6.07 Å². The molecular weight excluding hydrogens is 233 g/mol. The molecule has 15 heavy (non-hydrogen) atoms. The van der Waals surface area contributed by atoms with Crippen LogP contribution in [-0.2, 0) is 0 Å². The standard InChI is InChI=1S/C11H10FNS.ClH/c12-9-5-2-1-4-8(9)11(13)10-6-3-7-14-10;/h1-7,11H,13H2;1H/t11-;/m1./s1. The second-order valence-corrected chi connectivity index (χ2v) is 3.99. The third kappa shape index (κ3) is 2.56. The Morgan fingerprint density at radius 3 is 2.47 bits per heavy atom. The Bertz CT molecular complexity index is 416. The lowest BCUT2D eigenvalue weighted by molar-refractivity contribution is 0.601. The zero-order valence-corrected chi connectivity index (χ0v) is 9.52. The van der Waals surface area contributed by atoms with E-state index in [4.69, 9.17) is 5.73 Å². The van der Waals surface area contributed by atoms with Crippen molar-refractivity contribution in [1.29, 1.82) is 0 Å². The second-order valence-electron chi connectivity index (χ2n) is 3.01. The van der Waals surface area contributed by atoms with Crippen LogP contribution in [0.15, 0.2) is 41.8 Å². The fraction of sp³-hybridized carbons (Fsp3) is 0.0909. The first-order valence-electron chi connectivity index (χ1n) is 4.32. The van der Waals surface area contributed by atoms with Gasteiger partial charge < -0.3 is 5.73 Å². The second kappa shape index (κ2) is 5.26. The molecule has 1 aromatic heterocycles. The molecule has 1 atom stereocenters. The Balaban J connectivity index is 0.00000112. The van der Waals surface area contributed by atoms with E-state index in [-0.39, 0.29) is 24.3 Å². The van der Waals surface area contributed by atoms with E-state index in [1.54, 1.807) is 29.5 Å². The highest BCUT2D eigenvalue weighted by atomic mass is 35.5. The van der Waals surface area contributed by atoms with Gasteiger partial charge in [-0.25, -0.2) is 4.39 Å². The Kier molecular flexibility index (Phi) is 4.27. The van der Waals surface area contributed by atoms with Gasteiger partial charge in [-0.1, -0.05) is 24.3 Å². The number of hydrogen-bond acceptors (Lipinski definition) is 2. The summed E-state index contributed by atoms with van der Waals surface area (Å²) < 4.78 is 13.4. The summed E-state index contributed by atoms with van der Waals surface area (Å²) in [5, 5.41) is 1.94. The van der Waals surface area contributed by atoms with Crippen LogP contribution in [0.3, 0.4) is 0 Å². The van der Waals surface area contributed by atoms with E-state index in [0.29, 0.717) is 5.56 Å². The maximum atomic E-state index is 13.4. The summed E-state index contributed by atoms with van der Waals surface area (Å²) in [6.45, 7) is 0. The van der Waals surface area contributed by atoms with E-state index >= 15 is 0 Å². The Morgan fingerprint density at radius 1 is 1.13 bits per heavy atom. The van der Waals surface area contributed by atoms with Gasteiger partial charge in [0.15, 0.2) is 0 Å². The van der Waals surface area contributed by atoms with Gasteiger partial charge in [-0.05, 0) is 17.5 Å². The molecule has 0 saturated carbocycles. The molecule has 0 spiro atoms. The van der Waals surface area contributed by atoms with Crippen molar-refractivity contribution < 1.29 is 4.39 Å². The van der Waals surface area contributed by atoms with Crippen LogP contribution in [-0.4, -0.2) is 0 Å². The highest BCUT2D eigenvalue weighted by Crippen LogP contribution is 2.25. The third-order valence-electron chi connectivity index (χ3n) is 2.09. The van der Waals surface area contributed by atoms with Crippen molar-refractivity contribution in [2.75, 3.05) is 0 Å². The molecule has 0 bridgehead atoms. The highest BCUT2D eigenvalue weighted by molar-refractivity contribution is 7.10. The summed E-state index contributed by atoms with van der Waals surface area (Å²) >= 11 is 1.54. The van der Waals surface area contributed by atoms with Gasteiger partial charge in [-0.2, -0.15) is 0 Å². The lowest BCUT2D eigenvalue weighted by atomic mass is 10.1. The van der Waals surface area contributed by atoms with Gasteiger partial charge in [0.2, 0.25) is 0 Å². The first-order valence-corrected chi connectivity index (χ1v) is 5.20. The van der Waals surface area contributed by atoms with Gasteiger partial charge >= 0.3 is 0 Å². The van der Waals surface area contributed by atoms with Crippen LogP contribution in [0.1, 0.15) is 16.5 Å². The molecule has 0 aliphatic carbocycles. The minimum Gasteiger partial charge on any atom is -0.320 e. The molecule has 0 aliphatic rings. The number of rotatable bonds is 2. The molecule has 0 saturated heterocycles. The molecule has 1 aromatic carbocycles. The minimum absolute atomic E-state index is 0. The smallest absolute Gasteiger partial charge is 0.128 e. The van der Waals surface area contributed by atoms with Crippen LogP contribution in [0, 0.1) is 5.82 Å². The molecule has 0 unspecified atom stereocenters. The van der Waals surface area contributed by atoms with Crippen LogP contribution in [0.5, 0.6) is 0 Å². The average Bonchev–Trinajstić information content (AvgIpc) is 2.70. The van der Waals surface area contributed by atoms with Gasteiger partial charge in [-0.15, -0.1) is 23.7 Å². The lowest BCUT2D eigenvalue weighted by Gasteiger charge is -2.10. The maximum Gasteiger partial charge on any atom is 0.128 e. The molecule has 1 heterocycles. The quantitative estimate of drug-likeness (QED) is 0.860. The fourth-order valence-electron chi connectivity index (χ4n) is 1.35. The van der Waals surface area contributed by atoms with Crippen LogP contribution < -0.4 is 5.73 Å². The van der Waals surface area contributed by atoms with Crippen LogP contribution in [0.25, 0.3) is 0 Å². The number of benzene rings is 1. The third-order valence-corrected chi connectivity index (χ3v) is 3.05. The Morgan fingerprint density at radius 2 is 1.87 bits per heavy atom. The van der Waals surface area contributed by atoms with Crippen LogP contribution in [0.4, 0.5) is 4.39 Å². The van der Waals surface area contributed by atoms with Crippen molar-refractivity contribution in [1.82, 2.24) is 0 Å². The lowest BCUT2D eigenvalue weighted by Crippen LogP contribution is -2.11. The molecule has 0 amide bonds. The van der Waals surface area contributed by atoms with Gasteiger partial charge in [0.1, 0.15) is 5.82 Å². The van der Waals surface area contributed by atoms with Crippen molar-refractivity contribution in [3.05, 3.63) is 58.0 Å². The highest BCUT2D eigenvalue weighted by Gasteiger charge is 2.13. The SMILES string of the molecule is Cl.N[C@@H](c1cccs1)c1ccccc1F. The van der Waals surface area contributed by atoms with E-state index in [1.807, 2.05) is 17.5 Å². The summed E-state index contributed by atoms with van der Waals surface area (Å²) in [4.78, 5) is 0.982. The molecule has 80 valence electrons. The summed E-state index contributed by atoms with van der Waals surface area (Å²) in [6, 6.07) is 10.1. The molecule has 1 nitrogen and oxygen atoms in total. The van der Waals surface area contributed by atoms with Gasteiger partial charge in [0.25, 0.3) is 0 Å². The normalized spacial score (nSPS) is 11.9. The van der Waals surface area contributed by atoms with Crippen molar-refractivity contribution in [2.45, 2.75) is 6.04 Å². The summed E-state index contributed by atoms with van der Waals surface area (Å²) in [5.41, 5.74) is 6.48. The van der Waals surface area contributed by atoms with Gasteiger partial charge in [0.05, 0.1) is 6.04 Å². The van der Waals surface area contributed by atoms with Crippen molar-refractivity contribution in [3.8, 4) is 0 Å². The molecule has 2 rings (SSSR count). The zero-order valence-electron chi connectivity index (χ0n) is 7.89. The van der Waals surface area contributed by atoms with Crippen molar-refractivity contribution in [3.63, 3.8) is 0 Å². The summed E-state index contributed by atoms with van der Waals surface area (Å²) in [6.07, 6.45) is 0. The maximum absolute atomic E-state index is 13.4. The number of halogens is 2. The predicted molar refractivity (Wildman–Crippen MR) is 64.0 cm³/mol. The summed E-state index contributed by atoms with van der Waals surface area (Å²) in [5.74, 6) is -0.242. The number of hydrogen-bond donors (Lipinski definition) is 1. The number of thiophene rings is 1. The molecule has 4 heteroatoms. The molecule has 2 aromatic rings. The molecule has 0 radical (unpaired) electrons. The monoisotopic (exact) mass is 243 g/mol. The summed E-state index contributed by atoms with van der Waals surface area (Å²) in [7, 11) is 0. The van der Waals surface area contributed by atoms with Gasteiger partial charge in [-0.3, -0.25) is 0 Å². The van der Waals surface area contributed by atoms with Crippen LogP contribution in [0.2, 0.25) is 0 Å². The average molecular weight is 244 g/mol. The molecule has 0 fully saturated rings. The Labute approximate surface area is 98.2 Å². The fourth-order valence-corrected chi connectivity index (χ4v) is 2.09.